The van der Waals surface area contributed by atoms with Crippen molar-refractivity contribution in [3.05, 3.63) is 108 Å². The van der Waals surface area contributed by atoms with Gasteiger partial charge in [0.05, 0.1) is 27.5 Å². The Balaban J connectivity index is 1.46. The summed E-state index contributed by atoms with van der Waals surface area (Å²) in [7, 11) is 0. The zero-order valence-corrected chi connectivity index (χ0v) is 22.8. The van der Waals surface area contributed by atoms with E-state index in [-0.39, 0.29) is 5.91 Å². The summed E-state index contributed by atoms with van der Waals surface area (Å²) in [6.07, 6.45) is 3.94. The first-order valence-corrected chi connectivity index (χ1v) is 13.9. The summed E-state index contributed by atoms with van der Waals surface area (Å²) in [4.78, 5) is 24.6. The summed E-state index contributed by atoms with van der Waals surface area (Å²) in [5.74, 6) is 0.952. The van der Waals surface area contributed by atoms with Crippen molar-refractivity contribution in [1.82, 2.24) is 9.88 Å². The van der Waals surface area contributed by atoms with E-state index in [1.807, 2.05) is 55.5 Å². The van der Waals surface area contributed by atoms with Crippen LogP contribution in [0.4, 0.5) is 17.1 Å². The zero-order chi connectivity index (χ0) is 26.2. The number of hydrogen-bond donors (Lipinski definition) is 0. The molecule has 38 heavy (non-hydrogen) atoms. The van der Waals surface area contributed by atoms with E-state index >= 15 is 0 Å². The molecule has 1 aromatic heterocycles. The fourth-order valence-electron chi connectivity index (χ4n) is 4.96. The molecule has 1 fully saturated rings. The van der Waals surface area contributed by atoms with Crippen molar-refractivity contribution < 1.29 is 4.79 Å². The Bertz CT molecular complexity index is 1630. The van der Waals surface area contributed by atoms with Crippen LogP contribution >= 0.6 is 24.0 Å². The molecule has 0 radical (unpaired) electrons. The van der Waals surface area contributed by atoms with Gasteiger partial charge in [-0.25, -0.2) is 4.98 Å². The van der Waals surface area contributed by atoms with Crippen LogP contribution in [-0.4, -0.2) is 33.2 Å². The minimum absolute atomic E-state index is 0.0335. The highest BCUT2D eigenvalue weighted by atomic mass is 32.2. The van der Waals surface area contributed by atoms with Crippen LogP contribution < -0.4 is 9.80 Å². The highest BCUT2D eigenvalue weighted by Crippen LogP contribution is 2.47. The third kappa shape index (κ3) is 4.18. The molecule has 5 nitrogen and oxygen atoms in total. The fourth-order valence-corrected chi connectivity index (χ4v) is 6.29. The predicted molar refractivity (Wildman–Crippen MR) is 163 cm³/mol. The minimum atomic E-state index is -0.0335. The molecule has 3 aromatic carbocycles. The second-order valence-electron chi connectivity index (χ2n) is 8.98. The van der Waals surface area contributed by atoms with Crippen molar-refractivity contribution >= 4 is 62.2 Å². The number of likely N-dealkylation sites (N-methyl/N-ethyl adjacent to an activating group) is 1. The Hall–Kier alpha value is -3.94. The number of pyridine rings is 1. The summed E-state index contributed by atoms with van der Waals surface area (Å²) in [5.41, 5.74) is 6.23. The van der Waals surface area contributed by atoms with Gasteiger partial charge in [-0.05, 0) is 62.4 Å². The van der Waals surface area contributed by atoms with Gasteiger partial charge in [-0.3, -0.25) is 14.6 Å². The summed E-state index contributed by atoms with van der Waals surface area (Å²) < 4.78 is 0.608. The first-order chi connectivity index (χ1) is 18.6. The predicted octanol–water partition coefficient (Wildman–Crippen LogP) is 7.49. The molecule has 188 valence electrons. The monoisotopic (exact) mass is 534 g/mol. The van der Waals surface area contributed by atoms with Crippen molar-refractivity contribution in [3.63, 3.8) is 0 Å². The Morgan fingerprint density at radius 3 is 2.37 bits per heavy atom. The fraction of sp³-hybridized carbons (Fsp3) is 0.129. The lowest BCUT2D eigenvalue weighted by Gasteiger charge is -2.24. The van der Waals surface area contributed by atoms with E-state index in [1.54, 1.807) is 4.90 Å². The standard InChI is InChI=1S/C31H26N4OS2/c1-3-33-27-20-22(25-16-14-21-10-8-9-13-24(21)32-25)15-17-26(27)35(23-11-6-5-7-12-23)29(33)19-18-28-30(36)34(4-2)31(37)38-28/h5-20H,3-4H2,1-2H3/b28-18-,29-19+. The van der Waals surface area contributed by atoms with E-state index in [0.29, 0.717) is 15.8 Å². The molecule has 2 aliphatic rings. The van der Waals surface area contributed by atoms with Crippen LogP contribution in [0.1, 0.15) is 13.8 Å². The number of rotatable bonds is 5. The zero-order valence-electron chi connectivity index (χ0n) is 21.2. The number of para-hydroxylation sites is 2. The number of carbonyl (C=O) groups is 1. The van der Waals surface area contributed by atoms with Gasteiger partial charge in [-0.15, -0.1) is 0 Å². The highest BCUT2D eigenvalue weighted by molar-refractivity contribution is 8.26. The molecule has 0 bridgehead atoms. The van der Waals surface area contributed by atoms with Crippen LogP contribution in [0.3, 0.4) is 0 Å². The second-order valence-corrected chi connectivity index (χ2v) is 10.7. The minimum Gasteiger partial charge on any atom is -0.326 e. The van der Waals surface area contributed by atoms with E-state index in [1.165, 1.54) is 11.8 Å². The van der Waals surface area contributed by atoms with Gasteiger partial charge in [-0.2, -0.15) is 0 Å². The number of carbonyl (C=O) groups excluding carboxylic acids is 1. The lowest BCUT2D eigenvalue weighted by atomic mass is 10.1. The van der Waals surface area contributed by atoms with Gasteiger partial charge in [0, 0.05) is 29.7 Å². The summed E-state index contributed by atoms with van der Waals surface area (Å²) in [6, 6.07) is 29.2. The van der Waals surface area contributed by atoms with E-state index in [9.17, 15) is 4.79 Å². The van der Waals surface area contributed by atoms with Gasteiger partial charge in [0.15, 0.2) is 0 Å². The Labute approximate surface area is 232 Å². The molecule has 0 aliphatic carbocycles. The highest BCUT2D eigenvalue weighted by Gasteiger charge is 2.33. The molecule has 1 saturated heterocycles. The molecule has 0 atom stereocenters. The van der Waals surface area contributed by atoms with Crippen LogP contribution in [0.2, 0.25) is 0 Å². The van der Waals surface area contributed by atoms with E-state index in [2.05, 4.69) is 65.3 Å². The smallest absolute Gasteiger partial charge is 0.266 e. The molecule has 0 spiro atoms. The number of anilines is 3. The van der Waals surface area contributed by atoms with Crippen molar-refractivity contribution in [2.45, 2.75) is 13.8 Å². The summed E-state index contributed by atoms with van der Waals surface area (Å²) >= 11 is 6.77. The van der Waals surface area contributed by atoms with Crippen LogP contribution in [0.15, 0.2) is 108 Å². The average Bonchev–Trinajstić information content (AvgIpc) is 3.42. The van der Waals surface area contributed by atoms with Gasteiger partial charge >= 0.3 is 0 Å². The Kier molecular flexibility index (Phi) is 6.47. The second kappa shape index (κ2) is 10.1. The van der Waals surface area contributed by atoms with Gasteiger partial charge in [-0.1, -0.05) is 72.5 Å². The number of thiocarbonyl (C=S) groups is 1. The molecule has 2 aliphatic heterocycles. The Morgan fingerprint density at radius 1 is 0.842 bits per heavy atom. The van der Waals surface area contributed by atoms with Gasteiger partial charge in [0.2, 0.25) is 0 Å². The number of amides is 1. The van der Waals surface area contributed by atoms with Gasteiger partial charge in [0.1, 0.15) is 10.1 Å². The lowest BCUT2D eigenvalue weighted by Crippen LogP contribution is -2.27. The van der Waals surface area contributed by atoms with Crippen LogP contribution in [0, 0.1) is 0 Å². The third-order valence-electron chi connectivity index (χ3n) is 6.81. The van der Waals surface area contributed by atoms with Crippen molar-refractivity contribution in [3.8, 4) is 11.3 Å². The molecule has 4 aromatic rings. The first-order valence-electron chi connectivity index (χ1n) is 12.7. The molecular weight excluding hydrogens is 509 g/mol. The molecule has 0 unspecified atom stereocenters. The van der Waals surface area contributed by atoms with Crippen molar-refractivity contribution in [2.75, 3.05) is 22.9 Å². The van der Waals surface area contributed by atoms with E-state index in [4.69, 9.17) is 17.2 Å². The normalized spacial score (nSPS) is 17.4. The van der Waals surface area contributed by atoms with Crippen LogP contribution in [0.5, 0.6) is 0 Å². The molecule has 1 amide bonds. The maximum absolute atomic E-state index is 12.9. The number of thioether (sulfide) groups is 1. The maximum Gasteiger partial charge on any atom is 0.266 e. The molecule has 7 heteroatoms. The van der Waals surface area contributed by atoms with Crippen LogP contribution in [0.25, 0.3) is 22.2 Å². The summed E-state index contributed by atoms with van der Waals surface area (Å²) in [5, 5.41) is 1.13. The largest absolute Gasteiger partial charge is 0.326 e. The molecular formula is C31H26N4OS2. The third-order valence-corrected chi connectivity index (χ3v) is 8.21. The van der Waals surface area contributed by atoms with E-state index in [0.717, 1.165) is 51.6 Å². The lowest BCUT2D eigenvalue weighted by molar-refractivity contribution is -0.122. The van der Waals surface area contributed by atoms with Crippen LogP contribution in [-0.2, 0) is 4.79 Å². The van der Waals surface area contributed by atoms with Gasteiger partial charge < -0.3 is 4.90 Å². The van der Waals surface area contributed by atoms with Gasteiger partial charge in [0.25, 0.3) is 5.91 Å². The van der Waals surface area contributed by atoms with E-state index < -0.39 is 0 Å². The number of fused-ring (bicyclic) bond motifs is 2. The number of aromatic nitrogens is 1. The SMILES string of the molecule is CCN1C(=O)/C(=C/C=C2\N(CC)c3cc(-c4ccc5ccccc5n4)ccc3N2c2ccccc2)SC1=S. The van der Waals surface area contributed by atoms with Crippen molar-refractivity contribution in [2.24, 2.45) is 0 Å². The molecule has 0 saturated carbocycles. The molecule has 3 heterocycles. The quantitative estimate of drug-likeness (QED) is 0.195. The Morgan fingerprint density at radius 2 is 1.61 bits per heavy atom. The number of benzene rings is 3. The molecule has 6 rings (SSSR count). The molecule has 0 N–H and O–H groups in total. The topological polar surface area (TPSA) is 39.7 Å². The first kappa shape index (κ1) is 24.4. The summed E-state index contributed by atoms with van der Waals surface area (Å²) in [6.45, 7) is 5.43. The average molecular weight is 535 g/mol. The number of hydrogen-bond acceptors (Lipinski definition) is 6. The number of allylic oxidation sites excluding steroid dienone is 2. The number of nitrogens with zero attached hydrogens (tertiary/aromatic N) is 4. The van der Waals surface area contributed by atoms with Crippen molar-refractivity contribution in [1.29, 1.82) is 0 Å². The maximum atomic E-state index is 12.9.